The van der Waals surface area contributed by atoms with Crippen LogP contribution in [0.4, 0.5) is 0 Å². The molecule has 17 heavy (non-hydrogen) atoms. The highest BCUT2D eigenvalue weighted by molar-refractivity contribution is 5.77. The van der Waals surface area contributed by atoms with Gasteiger partial charge in [0.15, 0.2) is 0 Å². The minimum absolute atomic E-state index is 0.396. The Morgan fingerprint density at radius 1 is 1.29 bits per heavy atom. The van der Waals surface area contributed by atoms with E-state index in [0.29, 0.717) is 12.3 Å². The number of aliphatic hydroxyl groups excluding tert-OH is 1. The van der Waals surface area contributed by atoms with Crippen molar-refractivity contribution in [2.45, 2.75) is 12.6 Å². The Kier molecular flexibility index (Phi) is 2.42. The number of hydrogen-bond donors (Lipinski definition) is 1. The van der Waals surface area contributed by atoms with Crippen molar-refractivity contribution >= 4 is 11.0 Å². The molecule has 0 saturated carbocycles. The highest BCUT2D eigenvalue weighted by Crippen LogP contribution is 2.24. The summed E-state index contributed by atoms with van der Waals surface area (Å²) in [5.74, 6) is 0.571. The lowest BCUT2D eigenvalue weighted by molar-refractivity contribution is 0.128. The van der Waals surface area contributed by atoms with E-state index in [1.54, 1.807) is 10.9 Å². The van der Waals surface area contributed by atoms with Gasteiger partial charge in [-0.2, -0.15) is 5.10 Å². The van der Waals surface area contributed by atoms with Crippen LogP contribution in [-0.2, 0) is 6.54 Å². The van der Waals surface area contributed by atoms with E-state index in [0.717, 1.165) is 11.0 Å². The van der Waals surface area contributed by atoms with Gasteiger partial charge in [0.05, 0.1) is 6.54 Å². The zero-order valence-corrected chi connectivity index (χ0v) is 9.15. The lowest BCUT2D eigenvalue weighted by atomic mass is 10.2. The third kappa shape index (κ3) is 1.94. The fraction of sp³-hybridized carbons (Fsp3) is 0.154. The van der Waals surface area contributed by atoms with Crippen LogP contribution in [0, 0.1) is 0 Å². The van der Waals surface area contributed by atoms with Gasteiger partial charge in [0, 0.05) is 17.8 Å². The predicted octanol–water partition coefficient (Wildman–Crippen LogP) is 2.36. The van der Waals surface area contributed by atoms with E-state index in [2.05, 4.69) is 5.10 Å². The molecule has 3 rings (SSSR count). The summed E-state index contributed by atoms with van der Waals surface area (Å²) in [7, 11) is 0. The molecule has 4 nitrogen and oxygen atoms in total. The fourth-order valence-electron chi connectivity index (χ4n) is 1.84. The van der Waals surface area contributed by atoms with Gasteiger partial charge in [-0.25, -0.2) is 0 Å². The standard InChI is InChI=1S/C13H12N2O2/c16-11(9-15-7-3-6-14-15)13-8-10-4-1-2-5-12(10)17-13/h1-8,11,16H,9H2. The normalized spacial score (nSPS) is 13.0. The molecular formula is C13H12N2O2. The molecule has 0 aliphatic rings. The van der Waals surface area contributed by atoms with Gasteiger partial charge in [0.25, 0.3) is 0 Å². The van der Waals surface area contributed by atoms with Crippen LogP contribution in [-0.4, -0.2) is 14.9 Å². The van der Waals surface area contributed by atoms with Crippen LogP contribution in [0.5, 0.6) is 0 Å². The molecule has 1 aromatic carbocycles. The average Bonchev–Trinajstić information content (AvgIpc) is 2.96. The lowest BCUT2D eigenvalue weighted by Crippen LogP contribution is -2.08. The molecule has 0 amide bonds. The molecule has 0 aliphatic carbocycles. The first kappa shape index (κ1) is 10.1. The van der Waals surface area contributed by atoms with Crippen LogP contribution in [0.25, 0.3) is 11.0 Å². The van der Waals surface area contributed by atoms with Gasteiger partial charge in [-0.3, -0.25) is 4.68 Å². The van der Waals surface area contributed by atoms with Gasteiger partial charge in [0.2, 0.25) is 0 Å². The summed E-state index contributed by atoms with van der Waals surface area (Å²) in [6, 6.07) is 11.4. The maximum absolute atomic E-state index is 10.0. The first-order chi connectivity index (χ1) is 8.33. The molecule has 0 radical (unpaired) electrons. The molecule has 1 unspecified atom stereocenters. The molecule has 1 N–H and O–H groups in total. The van der Waals surface area contributed by atoms with Crippen LogP contribution >= 0.6 is 0 Å². The van der Waals surface area contributed by atoms with Crippen LogP contribution < -0.4 is 0 Å². The Bertz CT molecular complexity index is 580. The minimum atomic E-state index is -0.678. The zero-order valence-electron chi connectivity index (χ0n) is 9.15. The third-order valence-corrected chi connectivity index (χ3v) is 2.69. The number of rotatable bonds is 3. The van der Waals surface area contributed by atoms with Gasteiger partial charge in [-0.1, -0.05) is 18.2 Å². The lowest BCUT2D eigenvalue weighted by Gasteiger charge is -2.06. The Hall–Kier alpha value is -2.07. The molecule has 2 aromatic heterocycles. The number of fused-ring (bicyclic) bond motifs is 1. The minimum Gasteiger partial charge on any atom is -0.458 e. The molecular weight excluding hydrogens is 216 g/mol. The monoisotopic (exact) mass is 228 g/mol. The summed E-state index contributed by atoms with van der Waals surface area (Å²) in [4.78, 5) is 0. The Morgan fingerprint density at radius 2 is 2.18 bits per heavy atom. The van der Waals surface area contributed by atoms with Gasteiger partial charge in [0.1, 0.15) is 17.4 Å². The Morgan fingerprint density at radius 3 is 2.94 bits per heavy atom. The number of hydrogen-bond acceptors (Lipinski definition) is 3. The van der Waals surface area contributed by atoms with Crippen molar-refractivity contribution in [3.05, 3.63) is 54.6 Å². The highest BCUT2D eigenvalue weighted by Gasteiger charge is 2.13. The predicted molar refractivity (Wildman–Crippen MR) is 63.4 cm³/mol. The van der Waals surface area contributed by atoms with Gasteiger partial charge in [-0.15, -0.1) is 0 Å². The second kappa shape index (κ2) is 4.07. The number of aliphatic hydroxyl groups is 1. The van der Waals surface area contributed by atoms with E-state index in [4.69, 9.17) is 4.42 Å². The third-order valence-electron chi connectivity index (χ3n) is 2.69. The maximum Gasteiger partial charge on any atom is 0.135 e. The van der Waals surface area contributed by atoms with Crippen molar-refractivity contribution in [1.29, 1.82) is 0 Å². The topological polar surface area (TPSA) is 51.2 Å². The summed E-state index contributed by atoms with van der Waals surface area (Å²) in [5, 5.41) is 15.1. The van der Waals surface area contributed by atoms with Crippen LogP contribution in [0.15, 0.2) is 53.2 Å². The molecule has 0 aliphatic heterocycles. The van der Waals surface area contributed by atoms with E-state index < -0.39 is 6.10 Å². The number of aromatic nitrogens is 2. The number of furan rings is 1. The quantitative estimate of drug-likeness (QED) is 0.748. The van der Waals surface area contributed by atoms with Crippen LogP contribution in [0.1, 0.15) is 11.9 Å². The van der Waals surface area contributed by atoms with Crippen LogP contribution in [0.3, 0.4) is 0 Å². The molecule has 0 spiro atoms. The van der Waals surface area contributed by atoms with Gasteiger partial charge in [-0.05, 0) is 18.2 Å². The molecule has 0 saturated heterocycles. The second-order valence-electron chi connectivity index (χ2n) is 3.93. The summed E-state index contributed by atoms with van der Waals surface area (Å²) >= 11 is 0. The van der Waals surface area contributed by atoms with Crippen molar-refractivity contribution in [2.75, 3.05) is 0 Å². The summed E-state index contributed by atoms with van der Waals surface area (Å²) < 4.78 is 7.27. The zero-order chi connectivity index (χ0) is 11.7. The van der Waals surface area contributed by atoms with E-state index in [9.17, 15) is 5.11 Å². The van der Waals surface area contributed by atoms with E-state index in [1.165, 1.54) is 0 Å². The van der Waals surface area contributed by atoms with Crippen LogP contribution in [0.2, 0.25) is 0 Å². The summed E-state index contributed by atoms with van der Waals surface area (Å²) in [6.07, 6.45) is 2.82. The first-order valence-corrected chi connectivity index (χ1v) is 5.47. The van der Waals surface area contributed by atoms with Crippen molar-refractivity contribution < 1.29 is 9.52 Å². The second-order valence-corrected chi connectivity index (χ2v) is 3.93. The number of benzene rings is 1. The smallest absolute Gasteiger partial charge is 0.135 e. The Balaban J connectivity index is 1.88. The molecule has 4 heteroatoms. The molecule has 0 fully saturated rings. The number of nitrogens with zero attached hydrogens (tertiary/aromatic N) is 2. The van der Waals surface area contributed by atoms with Crippen molar-refractivity contribution in [2.24, 2.45) is 0 Å². The van der Waals surface area contributed by atoms with Crippen molar-refractivity contribution in [3.8, 4) is 0 Å². The highest BCUT2D eigenvalue weighted by atomic mass is 16.4. The largest absolute Gasteiger partial charge is 0.458 e. The SMILES string of the molecule is OC(Cn1cccn1)c1cc2ccccc2o1. The Labute approximate surface area is 98.1 Å². The number of para-hydroxylation sites is 1. The molecule has 1 atom stereocenters. The van der Waals surface area contributed by atoms with Crippen molar-refractivity contribution in [3.63, 3.8) is 0 Å². The van der Waals surface area contributed by atoms with Gasteiger partial charge >= 0.3 is 0 Å². The summed E-state index contributed by atoms with van der Waals surface area (Å²) in [5.41, 5.74) is 0.794. The average molecular weight is 228 g/mol. The van der Waals surface area contributed by atoms with Gasteiger partial charge < -0.3 is 9.52 Å². The fourth-order valence-corrected chi connectivity index (χ4v) is 1.84. The molecule has 3 aromatic rings. The van der Waals surface area contributed by atoms with E-state index in [-0.39, 0.29) is 0 Å². The molecule has 0 bridgehead atoms. The first-order valence-electron chi connectivity index (χ1n) is 5.47. The van der Waals surface area contributed by atoms with E-state index >= 15 is 0 Å². The van der Waals surface area contributed by atoms with Crippen molar-refractivity contribution in [1.82, 2.24) is 9.78 Å². The van der Waals surface area contributed by atoms with E-state index in [1.807, 2.05) is 42.6 Å². The summed E-state index contributed by atoms with van der Waals surface area (Å²) in [6.45, 7) is 0.396. The molecule has 86 valence electrons. The maximum atomic E-state index is 10.0. The molecule has 2 heterocycles.